The Bertz CT molecular complexity index is 1290. The van der Waals surface area contributed by atoms with Crippen molar-refractivity contribution >= 4 is 22.6 Å². The van der Waals surface area contributed by atoms with E-state index in [4.69, 9.17) is 4.42 Å². The van der Waals surface area contributed by atoms with Gasteiger partial charge < -0.3 is 20.0 Å². The zero-order chi connectivity index (χ0) is 22.9. The second-order valence-corrected chi connectivity index (χ2v) is 9.60. The van der Waals surface area contributed by atoms with Crippen LogP contribution in [0.4, 0.5) is 5.69 Å². The maximum absolute atomic E-state index is 12.5. The van der Waals surface area contributed by atoms with Crippen molar-refractivity contribution in [1.82, 2.24) is 15.3 Å². The van der Waals surface area contributed by atoms with Crippen molar-refractivity contribution < 1.29 is 9.21 Å². The summed E-state index contributed by atoms with van der Waals surface area (Å²) in [5, 5.41) is 7.37. The molecule has 0 radical (unpaired) electrons. The number of benzene rings is 2. The average molecular weight is 455 g/mol. The Morgan fingerprint density at radius 1 is 0.941 bits per heavy atom. The van der Waals surface area contributed by atoms with Gasteiger partial charge in [0.1, 0.15) is 17.2 Å². The largest absolute Gasteiger partial charge is 0.456 e. The number of nitrogens with zero attached hydrogens (tertiary/aromatic N) is 1. The summed E-state index contributed by atoms with van der Waals surface area (Å²) in [4.78, 5) is 20.7. The summed E-state index contributed by atoms with van der Waals surface area (Å²) in [5.41, 5.74) is 4.81. The fourth-order valence-electron chi connectivity index (χ4n) is 5.27. The molecule has 6 rings (SSSR count). The van der Waals surface area contributed by atoms with Gasteiger partial charge in [-0.2, -0.15) is 0 Å². The van der Waals surface area contributed by atoms with E-state index in [-0.39, 0.29) is 11.9 Å². The summed E-state index contributed by atoms with van der Waals surface area (Å²) < 4.78 is 6.12. The van der Waals surface area contributed by atoms with Gasteiger partial charge in [0.05, 0.1) is 17.9 Å². The van der Waals surface area contributed by atoms with Crippen molar-refractivity contribution in [2.24, 2.45) is 0 Å². The van der Waals surface area contributed by atoms with Gasteiger partial charge in [-0.1, -0.05) is 19.3 Å². The van der Waals surface area contributed by atoms with E-state index in [2.05, 4.69) is 38.8 Å². The van der Waals surface area contributed by atoms with E-state index in [0.29, 0.717) is 5.92 Å². The number of carbonyl (C=O) groups excluding carboxylic acids is 1. The Kier molecular flexibility index (Phi) is 5.67. The Hall–Kier alpha value is -3.38. The van der Waals surface area contributed by atoms with Gasteiger partial charge in [0.2, 0.25) is 5.91 Å². The van der Waals surface area contributed by atoms with E-state index in [1.807, 2.05) is 36.5 Å². The van der Waals surface area contributed by atoms with E-state index in [0.717, 1.165) is 70.9 Å². The topological polar surface area (TPSA) is 83.0 Å². The number of furan rings is 1. The van der Waals surface area contributed by atoms with Crippen LogP contribution in [0.25, 0.3) is 33.6 Å². The van der Waals surface area contributed by atoms with Crippen LogP contribution in [-0.4, -0.2) is 28.5 Å². The van der Waals surface area contributed by atoms with Crippen LogP contribution in [-0.2, 0) is 4.79 Å². The van der Waals surface area contributed by atoms with E-state index >= 15 is 0 Å². The summed E-state index contributed by atoms with van der Waals surface area (Å²) in [6.45, 7) is 0.910. The predicted molar refractivity (Wildman–Crippen MR) is 135 cm³/mol. The van der Waals surface area contributed by atoms with Gasteiger partial charge in [0, 0.05) is 28.1 Å². The van der Waals surface area contributed by atoms with Gasteiger partial charge in [-0.15, -0.1) is 0 Å². The molecule has 0 bridgehead atoms. The number of aromatic nitrogens is 2. The standard InChI is InChI=1S/C28H30N4O2/c33-28(23-7-3-4-14-29-23)31-22-11-8-18(9-12-22)26-16-21-15-20(10-13-25(21)34-26)24-17-30-27(32-24)19-5-1-2-6-19/h8-13,15-17,19,23,29H,1-7,14H2,(H,30,32)(H,31,33). The smallest absolute Gasteiger partial charge is 0.241 e. The minimum Gasteiger partial charge on any atom is -0.456 e. The normalized spacial score (nSPS) is 19.0. The first-order valence-electron chi connectivity index (χ1n) is 12.5. The van der Waals surface area contributed by atoms with Crippen LogP contribution in [0, 0.1) is 0 Å². The van der Waals surface area contributed by atoms with Crippen LogP contribution in [0.5, 0.6) is 0 Å². The molecule has 1 unspecified atom stereocenters. The zero-order valence-corrected chi connectivity index (χ0v) is 19.3. The molecule has 2 fully saturated rings. The number of amides is 1. The van der Waals surface area contributed by atoms with Gasteiger partial charge in [0.15, 0.2) is 0 Å². The number of rotatable bonds is 5. The van der Waals surface area contributed by atoms with Gasteiger partial charge in [-0.3, -0.25) is 4.79 Å². The zero-order valence-electron chi connectivity index (χ0n) is 19.3. The molecule has 3 heterocycles. The first kappa shape index (κ1) is 21.2. The lowest BCUT2D eigenvalue weighted by Gasteiger charge is -2.22. The molecule has 34 heavy (non-hydrogen) atoms. The van der Waals surface area contributed by atoms with Crippen LogP contribution in [0.3, 0.4) is 0 Å². The van der Waals surface area contributed by atoms with Crippen molar-refractivity contribution in [3.8, 4) is 22.6 Å². The lowest BCUT2D eigenvalue weighted by molar-refractivity contribution is -0.118. The number of hydrogen-bond acceptors (Lipinski definition) is 4. The van der Waals surface area contributed by atoms with Crippen LogP contribution in [0.15, 0.2) is 59.1 Å². The SMILES string of the molecule is O=C(Nc1ccc(-c2cc3cc(-c4cnc(C5CCCC5)[nH]4)ccc3o2)cc1)C1CCCCN1. The summed E-state index contributed by atoms with van der Waals surface area (Å²) in [5.74, 6) is 2.55. The average Bonchev–Trinajstić information content (AvgIpc) is 3.65. The van der Waals surface area contributed by atoms with E-state index in [1.165, 1.54) is 25.7 Å². The second kappa shape index (κ2) is 9.11. The van der Waals surface area contributed by atoms with Crippen LogP contribution >= 0.6 is 0 Å². The highest BCUT2D eigenvalue weighted by Crippen LogP contribution is 2.35. The molecule has 174 valence electrons. The molecule has 3 N–H and O–H groups in total. The molecule has 1 saturated carbocycles. The number of carbonyl (C=O) groups is 1. The molecule has 2 aromatic heterocycles. The minimum atomic E-state index is -0.0953. The lowest BCUT2D eigenvalue weighted by atomic mass is 10.0. The number of hydrogen-bond donors (Lipinski definition) is 3. The highest BCUT2D eigenvalue weighted by atomic mass is 16.3. The first-order valence-corrected chi connectivity index (χ1v) is 12.5. The summed E-state index contributed by atoms with van der Waals surface area (Å²) >= 11 is 0. The van der Waals surface area contributed by atoms with E-state index in [1.54, 1.807) is 0 Å². The highest BCUT2D eigenvalue weighted by molar-refractivity contribution is 5.95. The molecule has 0 spiro atoms. The molecule has 6 nitrogen and oxygen atoms in total. The van der Waals surface area contributed by atoms with Crippen molar-refractivity contribution in [1.29, 1.82) is 0 Å². The number of nitrogens with one attached hydrogen (secondary N) is 3. The maximum atomic E-state index is 12.5. The number of anilines is 1. The summed E-state index contributed by atoms with van der Waals surface area (Å²) in [6, 6.07) is 16.1. The van der Waals surface area contributed by atoms with Gasteiger partial charge in [-0.05, 0) is 80.8 Å². The Labute approximate surface area is 199 Å². The second-order valence-electron chi connectivity index (χ2n) is 9.60. The summed E-state index contributed by atoms with van der Waals surface area (Å²) in [7, 11) is 0. The Morgan fingerprint density at radius 3 is 2.53 bits per heavy atom. The Balaban J connectivity index is 1.18. The van der Waals surface area contributed by atoms with Gasteiger partial charge in [0.25, 0.3) is 0 Å². The quantitative estimate of drug-likeness (QED) is 0.334. The predicted octanol–water partition coefficient (Wildman–Crippen LogP) is 6.23. The number of fused-ring (bicyclic) bond motifs is 1. The fraction of sp³-hybridized carbons (Fsp3) is 0.357. The van der Waals surface area contributed by atoms with E-state index < -0.39 is 0 Å². The minimum absolute atomic E-state index is 0.0404. The molecule has 1 amide bonds. The third-order valence-corrected chi connectivity index (χ3v) is 7.23. The highest BCUT2D eigenvalue weighted by Gasteiger charge is 2.21. The molecule has 1 saturated heterocycles. The number of H-pyrrole nitrogens is 1. The molecular weight excluding hydrogens is 424 g/mol. The van der Waals surface area contributed by atoms with E-state index in [9.17, 15) is 4.79 Å². The first-order chi connectivity index (χ1) is 16.7. The number of aromatic amines is 1. The Morgan fingerprint density at radius 2 is 1.74 bits per heavy atom. The van der Waals surface area contributed by atoms with Crippen LogP contribution in [0.1, 0.15) is 56.7 Å². The summed E-state index contributed by atoms with van der Waals surface area (Å²) in [6.07, 6.45) is 10.1. The number of piperidine rings is 1. The molecule has 4 aromatic rings. The molecule has 1 aliphatic heterocycles. The number of imidazole rings is 1. The third kappa shape index (κ3) is 4.26. The van der Waals surface area contributed by atoms with Crippen molar-refractivity contribution in [2.75, 3.05) is 11.9 Å². The van der Waals surface area contributed by atoms with Crippen LogP contribution in [0.2, 0.25) is 0 Å². The van der Waals surface area contributed by atoms with Crippen molar-refractivity contribution in [3.63, 3.8) is 0 Å². The fourth-order valence-corrected chi connectivity index (χ4v) is 5.27. The molecule has 1 atom stereocenters. The van der Waals surface area contributed by atoms with Gasteiger partial charge in [-0.25, -0.2) is 4.98 Å². The van der Waals surface area contributed by atoms with Crippen LogP contribution < -0.4 is 10.6 Å². The monoisotopic (exact) mass is 454 g/mol. The molecule has 2 aliphatic rings. The third-order valence-electron chi connectivity index (χ3n) is 7.23. The molecular formula is C28H30N4O2. The van der Waals surface area contributed by atoms with Crippen molar-refractivity contribution in [2.45, 2.75) is 56.9 Å². The lowest BCUT2D eigenvalue weighted by Crippen LogP contribution is -2.43. The molecule has 2 aromatic carbocycles. The molecule has 1 aliphatic carbocycles. The maximum Gasteiger partial charge on any atom is 0.241 e. The molecule has 6 heteroatoms. The van der Waals surface area contributed by atoms with Gasteiger partial charge >= 0.3 is 0 Å². The van der Waals surface area contributed by atoms with Crippen molar-refractivity contribution in [3.05, 3.63) is 60.6 Å².